The number of hydrogen-bond donors (Lipinski definition) is 2. The Morgan fingerprint density at radius 1 is 0.864 bits per heavy atom. The molecule has 1 aliphatic rings. The molecule has 1 aromatic heterocycles. The van der Waals surface area contributed by atoms with Crippen LogP contribution < -0.4 is 5.32 Å². The molecule has 1 aliphatic heterocycles. The highest BCUT2D eigenvalue weighted by Crippen LogP contribution is 2.28. The van der Waals surface area contributed by atoms with Crippen molar-refractivity contribution in [3.63, 3.8) is 0 Å². The molecule has 1 unspecified atom stereocenters. The summed E-state index contributed by atoms with van der Waals surface area (Å²) in [6.07, 6.45) is 1.19. The van der Waals surface area contributed by atoms with E-state index in [0.29, 0.717) is 5.92 Å². The van der Waals surface area contributed by atoms with E-state index in [4.69, 9.17) is 0 Å². The number of nitrogens with one attached hydrogen (secondary N) is 2. The summed E-state index contributed by atoms with van der Waals surface area (Å²) in [5.74, 6) is 0.568. The van der Waals surface area contributed by atoms with E-state index in [1.54, 1.807) is 0 Å². The zero-order valence-electron chi connectivity index (χ0n) is 12.4. The molecule has 3 aromatic rings. The van der Waals surface area contributed by atoms with Gasteiger partial charge in [0.1, 0.15) is 0 Å². The van der Waals surface area contributed by atoms with Gasteiger partial charge in [0.25, 0.3) is 0 Å². The molecule has 22 heavy (non-hydrogen) atoms. The molecular formula is C19H19N3. The van der Waals surface area contributed by atoms with Crippen molar-refractivity contribution >= 4 is 0 Å². The lowest BCUT2D eigenvalue weighted by Gasteiger charge is -2.04. The van der Waals surface area contributed by atoms with Crippen molar-refractivity contribution in [2.75, 3.05) is 13.1 Å². The van der Waals surface area contributed by atoms with E-state index in [2.05, 4.69) is 70.1 Å². The van der Waals surface area contributed by atoms with Gasteiger partial charge in [0.05, 0.1) is 5.69 Å². The first-order chi connectivity index (χ1) is 10.9. The monoisotopic (exact) mass is 289 g/mol. The van der Waals surface area contributed by atoms with Crippen molar-refractivity contribution in [3.8, 4) is 22.4 Å². The number of nitrogens with zero attached hydrogens (tertiary/aromatic N) is 1. The zero-order valence-corrected chi connectivity index (χ0v) is 12.4. The minimum Gasteiger partial charge on any atom is -0.316 e. The van der Waals surface area contributed by atoms with Crippen LogP contribution in [0, 0.1) is 0 Å². The third-order valence-corrected chi connectivity index (χ3v) is 4.36. The van der Waals surface area contributed by atoms with Crippen LogP contribution in [0.25, 0.3) is 22.4 Å². The molecule has 1 saturated heterocycles. The normalized spacial score (nSPS) is 17.7. The Morgan fingerprint density at radius 3 is 2.50 bits per heavy atom. The van der Waals surface area contributed by atoms with Gasteiger partial charge in [0.15, 0.2) is 0 Å². The fourth-order valence-corrected chi connectivity index (χ4v) is 3.10. The van der Waals surface area contributed by atoms with Gasteiger partial charge >= 0.3 is 0 Å². The van der Waals surface area contributed by atoms with E-state index in [1.807, 2.05) is 6.07 Å². The summed E-state index contributed by atoms with van der Waals surface area (Å²) >= 11 is 0. The van der Waals surface area contributed by atoms with Crippen LogP contribution in [0.2, 0.25) is 0 Å². The topological polar surface area (TPSA) is 40.7 Å². The van der Waals surface area contributed by atoms with Crippen LogP contribution in [0.4, 0.5) is 0 Å². The van der Waals surface area contributed by atoms with Gasteiger partial charge < -0.3 is 5.32 Å². The Labute approximate surface area is 130 Å². The number of H-pyrrole nitrogens is 1. The van der Waals surface area contributed by atoms with E-state index in [0.717, 1.165) is 24.3 Å². The number of benzene rings is 2. The number of aromatic nitrogens is 2. The second kappa shape index (κ2) is 5.78. The van der Waals surface area contributed by atoms with E-state index in [1.165, 1.54) is 23.2 Å². The van der Waals surface area contributed by atoms with E-state index < -0.39 is 0 Å². The van der Waals surface area contributed by atoms with Crippen LogP contribution in [-0.4, -0.2) is 23.3 Å². The van der Waals surface area contributed by atoms with Gasteiger partial charge in [-0.1, -0.05) is 48.5 Å². The Morgan fingerprint density at radius 2 is 1.68 bits per heavy atom. The van der Waals surface area contributed by atoms with Crippen molar-refractivity contribution < 1.29 is 0 Å². The maximum absolute atomic E-state index is 4.51. The average molecular weight is 289 g/mol. The van der Waals surface area contributed by atoms with Gasteiger partial charge in [-0.2, -0.15) is 5.10 Å². The van der Waals surface area contributed by atoms with Crippen molar-refractivity contribution in [2.24, 2.45) is 0 Å². The highest BCUT2D eigenvalue weighted by molar-refractivity contribution is 5.71. The van der Waals surface area contributed by atoms with Crippen LogP contribution in [0.3, 0.4) is 0 Å². The first-order valence-corrected chi connectivity index (χ1v) is 7.82. The number of hydrogen-bond acceptors (Lipinski definition) is 2. The molecule has 0 saturated carbocycles. The molecule has 0 bridgehead atoms. The van der Waals surface area contributed by atoms with Gasteiger partial charge in [0, 0.05) is 23.7 Å². The van der Waals surface area contributed by atoms with Crippen LogP contribution in [0.15, 0.2) is 60.7 Å². The van der Waals surface area contributed by atoms with Crippen LogP contribution in [-0.2, 0) is 0 Å². The van der Waals surface area contributed by atoms with Crippen molar-refractivity contribution in [1.29, 1.82) is 0 Å². The molecule has 2 aromatic carbocycles. The van der Waals surface area contributed by atoms with Gasteiger partial charge in [0.2, 0.25) is 0 Å². The molecule has 110 valence electrons. The molecule has 0 aliphatic carbocycles. The van der Waals surface area contributed by atoms with Crippen LogP contribution >= 0.6 is 0 Å². The maximum atomic E-state index is 4.51. The molecular weight excluding hydrogens is 270 g/mol. The Kier molecular flexibility index (Phi) is 3.49. The summed E-state index contributed by atoms with van der Waals surface area (Å²) < 4.78 is 0. The molecule has 4 rings (SSSR count). The van der Waals surface area contributed by atoms with Crippen molar-refractivity contribution in [1.82, 2.24) is 15.5 Å². The molecule has 1 fully saturated rings. The predicted octanol–water partition coefficient (Wildman–Crippen LogP) is 3.82. The largest absolute Gasteiger partial charge is 0.316 e. The predicted molar refractivity (Wildman–Crippen MR) is 89.7 cm³/mol. The van der Waals surface area contributed by atoms with Crippen molar-refractivity contribution in [3.05, 3.63) is 66.4 Å². The average Bonchev–Trinajstić information content (AvgIpc) is 3.27. The van der Waals surface area contributed by atoms with E-state index in [9.17, 15) is 0 Å². The molecule has 2 N–H and O–H groups in total. The summed E-state index contributed by atoms with van der Waals surface area (Å²) in [6, 6.07) is 21.2. The van der Waals surface area contributed by atoms with Gasteiger partial charge in [-0.25, -0.2) is 0 Å². The Balaban J connectivity index is 1.65. The van der Waals surface area contributed by atoms with Crippen molar-refractivity contribution in [2.45, 2.75) is 12.3 Å². The lowest BCUT2D eigenvalue weighted by atomic mass is 10.0. The smallest absolute Gasteiger partial charge is 0.0923 e. The zero-order chi connectivity index (χ0) is 14.8. The van der Waals surface area contributed by atoms with Crippen LogP contribution in [0.1, 0.15) is 18.0 Å². The highest BCUT2D eigenvalue weighted by atomic mass is 15.1. The first-order valence-electron chi connectivity index (χ1n) is 7.82. The lowest BCUT2D eigenvalue weighted by molar-refractivity contribution is 0.729. The molecule has 0 radical (unpaired) electrons. The molecule has 3 nitrogen and oxygen atoms in total. The standard InChI is InChI=1S/C19H19N3/c1-2-5-14(6-3-1)15-7-4-8-16(11-15)18-12-19(22-21-18)17-9-10-20-13-17/h1-8,11-12,17,20H,9-10,13H2,(H,21,22). The summed E-state index contributed by atoms with van der Waals surface area (Å²) in [5.41, 5.74) is 5.89. The summed E-state index contributed by atoms with van der Waals surface area (Å²) in [5, 5.41) is 11.1. The summed E-state index contributed by atoms with van der Waals surface area (Å²) in [4.78, 5) is 0. The second-order valence-corrected chi connectivity index (χ2v) is 5.85. The van der Waals surface area contributed by atoms with Gasteiger partial charge in [-0.3, -0.25) is 5.10 Å². The van der Waals surface area contributed by atoms with Gasteiger partial charge in [-0.05, 0) is 36.2 Å². The van der Waals surface area contributed by atoms with Crippen LogP contribution in [0.5, 0.6) is 0 Å². The highest BCUT2D eigenvalue weighted by Gasteiger charge is 2.19. The lowest BCUT2D eigenvalue weighted by Crippen LogP contribution is -2.08. The third kappa shape index (κ3) is 2.55. The van der Waals surface area contributed by atoms with E-state index >= 15 is 0 Å². The molecule has 0 amide bonds. The minimum absolute atomic E-state index is 0.568. The molecule has 1 atom stereocenters. The number of aromatic amines is 1. The molecule has 2 heterocycles. The molecule has 3 heteroatoms. The van der Waals surface area contributed by atoms with E-state index in [-0.39, 0.29) is 0 Å². The quantitative estimate of drug-likeness (QED) is 0.769. The fourth-order valence-electron chi connectivity index (χ4n) is 3.10. The number of rotatable bonds is 3. The third-order valence-electron chi connectivity index (χ3n) is 4.36. The molecule has 0 spiro atoms. The first kappa shape index (κ1) is 13.3. The Bertz CT molecular complexity index is 755. The summed E-state index contributed by atoms with van der Waals surface area (Å²) in [7, 11) is 0. The SMILES string of the molecule is c1ccc(-c2cccc(-c3cc(C4CCNC4)[nH]n3)c2)cc1. The fraction of sp³-hybridized carbons (Fsp3) is 0.211. The maximum Gasteiger partial charge on any atom is 0.0923 e. The minimum atomic E-state index is 0.568. The second-order valence-electron chi connectivity index (χ2n) is 5.85. The Hall–Kier alpha value is -2.39. The summed E-state index contributed by atoms with van der Waals surface area (Å²) in [6.45, 7) is 2.15. The van der Waals surface area contributed by atoms with Gasteiger partial charge in [-0.15, -0.1) is 0 Å².